The fourth-order valence-electron chi connectivity index (χ4n) is 2.36. The first-order chi connectivity index (χ1) is 11.1. The molecule has 4 nitrogen and oxygen atoms in total. The van der Waals surface area contributed by atoms with Gasteiger partial charge in [-0.2, -0.15) is 5.10 Å². The zero-order chi connectivity index (χ0) is 16.2. The van der Waals surface area contributed by atoms with E-state index in [9.17, 15) is 4.79 Å². The Kier molecular flexibility index (Phi) is 4.44. The topological polar surface area (TPSA) is 46.9 Å². The summed E-state index contributed by atoms with van der Waals surface area (Å²) in [5.41, 5.74) is 3.25. The number of rotatable bonds is 5. The van der Waals surface area contributed by atoms with Crippen LogP contribution in [-0.2, 0) is 0 Å². The Morgan fingerprint density at radius 2 is 1.83 bits per heavy atom. The predicted octanol–water partition coefficient (Wildman–Crippen LogP) is 4.13. The Morgan fingerprint density at radius 3 is 2.52 bits per heavy atom. The van der Waals surface area contributed by atoms with Gasteiger partial charge in [0.25, 0.3) is 0 Å². The molecular weight excluding hydrogens is 310 g/mol. The number of carbonyl (C=O) groups excluding carboxylic acids is 1. The first-order valence-corrected chi connectivity index (χ1v) is 7.65. The summed E-state index contributed by atoms with van der Waals surface area (Å²) in [6.45, 7) is 2.11. The van der Waals surface area contributed by atoms with Crippen molar-refractivity contribution in [3.63, 3.8) is 0 Å². The summed E-state index contributed by atoms with van der Waals surface area (Å²) in [7, 11) is 0. The summed E-state index contributed by atoms with van der Waals surface area (Å²) < 4.78 is 1.77. The summed E-state index contributed by atoms with van der Waals surface area (Å²) in [6, 6.07) is 17.0. The van der Waals surface area contributed by atoms with Crippen LogP contribution in [-0.4, -0.2) is 22.1 Å². The minimum absolute atomic E-state index is 0.000342. The van der Waals surface area contributed by atoms with E-state index in [1.807, 2.05) is 49.4 Å². The Bertz CT molecular complexity index is 810. The van der Waals surface area contributed by atoms with Crippen LogP contribution in [0.25, 0.3) is 5.69 Å². The number of hydrogen-bond donors (Lipinski definition) is 1. The second kappa shape index (κ2) is 6.67. The number of Topliss-reactive ketones (excluding diaryl/α,β-unsaturated/α-hetero) is 1. The minimum Gasteiger partial charge on any atom is -0.378 e. The highest BCUT2D eigenvalue weighted by atomic mass is 35.5. The highest BCUT2D eigenvalue weighted by molar-refractivity contribution is 6.30. The summed E-state index contributed by atoms with van der Waals surface area (Å²) in [4.78, 5) is 12.4. The molecule has 0 unspecified atom stereocenters. The molecule has 0 radical (unpaired) electrons. The molecule has 0 saturated carbocycles. The lowest BCUT2D eigenvalue weighted by Crippen LogP contribution is -2.14. The van der Waals surface area contributed by atoms with Gasteiger partial charge in [-0.1, -0.05) is 29.8 Å². The summed E-state index contributed by atoms with van der Waals surface area (Å²) in [5, 5.41) is 8.09. The van der Waals surface area contributed by atoms with E-state index in [0.717, 1.165) is 17.1 Å². The number of hydrogen-bond acceptors (Lipinski definition) is 3. The molecule has 116 valence electrons. The largest absolute Gasteiger partial charge is 0.378 e. The molecule has 5 heteroatoms. The van der Waals surface area contributed by atoms with E-state index in [1.54, 1.807) is 23.0 Å². The molecule has 0 fully saturated rings. The van der Waals surface area contributed by atoms with Gasteiger partial charge in [0.1, 0.15) is 0 Å². The first kappa shape index (κ1) is 15.3. The SMILES string of the molecule is Cc1c(C(=O)CNc2ccc(Cl)cc2)cnn1-c1ccccc1. The van der Waals surface area contributed by atoms with E-state index in [-0.39, 0.29) is 12.3 Å². The number of ketones is 1. The van der Waals surface area contributed by atoms with Gasteiger partial charge in [-0.25, -0.2) is 4.68 Å². The molecule has 0 amide bonds. The molecule has 1 N–H and O–H groups in total. The smallest absolute Gasteiger partial charge is 0.185 e. The Labute approximate surface area is 139 Å². The highest BCUT2D eigenvalue weighted by Crippen LogP contribution is 2.16. The van der Waals surface area contributed by atoms with Gasteiger partial charge in [0.05, 0.1) is 29.7 Å². The van der Waals surface area contributed by atoms with Crippen LogP contribution in [0.3, 0.4) is 0 Å². The van der Waals surface area contributed by atoms with Crippen LogP contribution in [0.15, 0.2) is 60.8 Å². The summed E-state index contributed by atoms with van der Waals surface area (Å²) in [6.07, 6.45) is 1.62. The van der Waals surface area contributed by atoms with E-state index in [2.05, 4.69) is 10.4 Å². The predicted molar refractivity (Wildman–Crippen MR) is 92.6 cm³/mol. The van der Waals surface area contributed by atoms with Gasteiger partial charge in [-0.05, 0) is 43.3 Å². The van der Waals surface area contributed by atoms with Crippen molar-refractivity contribution in [2.45, 2.75) is 6.92 Å². The Hall–Kier alpha value is -2.59. The zero-order valence-corrected chi connectivity index (χ0v) is 13.4. The average Bonchev–Trinajstić information content (AvgIpc) is 2.96. The number of nitrogens with one attached hydrogen (secondary N) is 1. The Balaban J connectivity index is 1.73. The molecule has 1 heterocycles. The van der Waals surface area contributed by atoms with Crippen LogP contribution in [0.5, 0.6) is 0 Å². The monoisotopic (exact) mass is 325 g/mol. The molecule has 0 saturated heterocycles. The van der Waals surface area contributed by atoms with Crippen molar-refractivity contribution in [2.24, 2.45) is 0 Å². The van der Waals surface area contributed by atoms with Crippen molar-refractivity contribution < 1.29 is 4.79 Å². The van der Waals surface area contributed by atoms with Gasteiger partial charge in [-0.15, -0.1) is 0 Å². The van der Waals surface area contributed by atoms with Gasteiger partial charge >= 0.3 is 0 Å². The van der Waals surface area contributed by atoms with Crippen LogP contribution in [0.1, 0.15) is 16.1 Å². The molecule has 0 spiro atoms. The van der Waals surface area contributed by atoms with E-state index in [0.29, 0.717) is 10.6 Å². The fraction of sp³-hybridized carbons (Fsp3) is 0.111. The van der Waals surface area contributed by atoms with Crippen molar-refractivity contribution in [2.75, 3.05) is 11.9 Å². The van der Waals surface area contributed by atoms with Gasteiger partial charge in [0.15, 0.2) is 5.78 Å². The maximum Gasteiger partial charge on any atom is 0.185 e. The number of anilines is 1. The quantitative estimate of drug-likeness (QED) is 0.717. The van der Waals surface area contributed by atoms with Crippen molar-refractivity contribution in [1.29, 1.82) is 0 Å². The number of nitrogens with zero attached hydrogens (tertiary/aromatic N) is 2. The van der Waals surface area contributed by atoms with Crippen LogP contribution >= 0.6 is 11.6 Å². The molecular formula is C18H16ClN3O. The summed E-state index contributed by atoms with van der Waals surface area (Å²) in [5.74, 6) is -0.000342. The first-order valence-electron chi connectivity index (χ1n) is 7.28. The number of carbonyl (C=O) groups is 1. The van der Waals surface area contributed by atoms with Crippen LogP contribution in [0, 0.1) is 6.92 Å². The lowest BCUT2D eigenvalue weighted by Gasteiger charge is -2.07. The third-order valence-corrected chi connectivity index (χ3v) is 3.86. The average molecular weight is 326 g/mol. The number of halogens is 1. The Morgan fingerprint density at radius 1 is 1.13 bits per heavy atom. The van der Waals surface area contributed by atoms with Crippen molar-refractivity contribution in [3.8, 4) is 5.69 Å². The lowest BCUT2D eigenvalue weighted by molar-refractivity contribution is 0.101. The number of aromatic nitrogens is 2. The maximum absolute atomic E-state index is 12.4. The maximum atomic E-state index is 12.4. The van der Waals surface area contributed by atoms with Gasteiger partial charge in [0.2, 0.25) is 0 Å². The molecule has 23 heavy (non-hydrogen) atoms. The van der Waals surface area contributed by atoms with Gasteiger partial charge in [0, 0.05) is 10.7 Å². The molecule has 3 aromatic rings. The van der Waals surface area contributed by atoms with Crippen molar-refractivity contribution in [3.05, 3.63) is 77.1 Å². The molecule has 0 aliphatic carbocycles. The van der Waals surface area contributed by atoms with Crippen LogP contribution in [0.2, 0.25) is 5.02 Å². The fourth-order valence-corrected chi connectivity index (χ4v) is 2.48. The highest BCUT2D eigenvalue weighted by Gasteiger charge is 2.14. The standard InChI is InChI=1S/C18H16ClN3O/c1-13-17(11-21-22(13)16-5-3-2-4-6-16)18(23)12-20-15-9-7-14(19)8-10-15/h2-11,20H,12H2,1H3. The summed E-state index contributed by atoms with van der Waals surface area (Å²) >= 11 is 5.85. The molecule has 3 rings (SSSR count). The van der Waals surface area contributed by atoms with E-state index in [1.165, 1.54) is 0 Å². The third-order valence-electron chi connectivity index (χ3n) is 3.61. The van der Waals surface area contributed by atoms with E-state index in [4.69, 9.17) is 11.6 Å². The van der Waals surface area contributed by atoms with Crippen molar-refractivity contribution >= 4 is 23.1 Å². The van der Waals surface area contributed by atoms with E-state index >= 15 is 0 Å². The number of benzene rings is 2. The molecule has 0 bridgehead atoms. The van der Waals surface area contributed by atoms with E-state index < -0.39 is 0 Å². The van der Waals surface area contributed by atoms with Crippen molar-refractivity contribution in [1.82, 2.24) is 9.78 Å². The van der Waals surface area contributed by atoms with Crippen LogP contribution in [0.4, 0.5) is 5.69 Å². The minimum atomic E-state index is -0.000342. The second-order valence-electron chi connectivity index (χ2n) is 5.17. The molecule has 0 atom stereocenters. The van der Waals surface area contributed by atoms with Gasteiger partial charge < -0.3 is 5.32 Å². The molecule has 2 aromatic carbocycles. The third kappa shape index (κ3) is 3.43. The molecule has 0 aliphatic heterocycles. The number of para-hydroxylation sites is 1. The second-order valence-corrected chi connectivity index (χ2v) is 5.61. The zero-order valence-electron chi connectivity index (χ0n) is 12.7. The lowest BCUT2D eigenvalue weighted by atomic mass is 10.1. The normalized spacial score (nSPS) is 10.5. The van der Waals surface area contributed by atoms with Crippen LogP contribution < -0.4 is 5.32 Å². The molecule has 1 aromatic heterocycles. The molecule has 0 aliphatic rings. The van der Waals surface area contributed by atoms with Gasteiger partial charge in [-0.3, -0.25) is 4.79 Å².